The zero-order chi connectivity index (χ0) is 20.1. The van der Waals surface area contributed by atoms with Crippen LogP contribution in [0.4, 0.5) is 0 Å². The molecular formula is C21H29N3O4. The van der Waals surface area contributed by atoms with Crippen LogP contribution in [0.5, 0.6) is 5.75 Å². The third kappa shape index (κ3) is 3.90. The number of ether oxygens (including phenoxy) is 1. The van der Waals surface area contributed by atoms with Crippen molar-refractivity contribution in [3.05, 3.63) is 28.3 Å². The number of carbonyl (C=O) groups excluding carboxylic acids is 3. The lowest BCUT2D eigenvalue weighted by atomic mass is 9.74. The summed E-state index contributed by atoms with van der Waals surface area (Å²) in [4.78, 5) is 32.1. The van der Waals surface area contributed by atoms with Crippen molar-refractivity contribution < 1.29 is 19.1 Å². The maximum atomic E-state index is 11.9. The van der Waals surface area contributed by atoms with Gasteiger partial charge in [0, 0.05) is 43.0 Å². The van der Waals surface area contributed by atoms with Crippen LogP contribution in [-0.2, 0) is 21.5 Å². The van der Waals surface area contributed by atoms with Gasteiger partial charge in [-0.2, -0.15) is 0 Å². The molecule has 0 saturated carbocycles. The van der Waals surface area contributed by atoms with Crippen LogP contribution in [0.25, 0.3) is 0 Å². The normalized spacial score (nSPS) is 18.3. The van der Waals surface area contributed by atoms with Gasteiger partial charge in [0.05, 0.1) is 12.2 Å². The van der Waals surface area contributed by atoms with Gasteiger partial charge in [0.2, 0.25) is 5.91 Å². The molecule has 0 aromatic heterocycles. The number of amides is 2. The molecule has 1 spiro atoms. The zero-order valence-electron chi connectivity index (χ0n) is 16.7. The first-order valence-electron chi connectivity index (χ1n) is 9.95. The molecule has 1 saturated heterocycles. The standard InChI is InChI=1S/C15H18N2O2.C6H11NO2/c1-9-6-11-13(10-7-17-14(18)12(9)10)19-8-15(11)2-4-16-5-3-15;1-7-6(9)4-2-3-5-8/h6,16H,2-5,7-8H2,1H3,(H,17,18);5H,2-4H2,1H3,(H,7,9). The van der Waals surface area contributed by atoms with Crippen LogP contribution in [0.2, 0.25) is 0 Å². The van der Waals surface area contributed by atoms with E-state index in [1.165, 1.54) is 5.56 Å². The van der Waals surface area contributed by atoms with E-state index in [2.05, 4.69) is 22.0 Å². The molecule has 28 heavy (non-hydrogen) atoms. The van der Waals surface area contributed by atoms with Crippen LogP contribution in [0.1, 0.15) is 59.2 Å². The fraction of sp³-hybridized carbons (Fsp3) is 0.571. The second-order valence-corrected chi connectivity index (χ2v) is 7.66. The minimum atomic E-state index is -0.00292. The first-order chi connectivity index (χ1) is 13.5. The minimum Gasteiger partial charge on any atom is -0.492 e. The average Bonchev–Trinajstić information content (AvgIpc) is 3.25. The highest BCUT2D eigenvalue weighted by Crippen LogP contribution is 2.48. The number of rotatable bonds is 4. The van der Waals surface area contributed by atoms with Crippen molar-refractivity contribution in [2.24, 2.45) is 0 Å². The second-order valence-electron chi connectivity index (χ2n) is 7.66. The lowest BCUT2D eigenvalue weighted by Gasteiger charge is -2.32. The number of benzene rings is 1. The number of hydrogen-bond acceptors (Lipinski definition) is 5. The van der Waals surface area contributed by atoms with Crippen LogP contribution in [0.15, 0.2) is 6.07 Å². The molecule has 7 nitrogen and oxygen atoms in total. The van der Waals surface area contributed by atoms with Crippen molar-refractivity contribution in [3.8, 4) is 5.75 Å². The van der Waals surface area contributed by atoms with Crippen molar-refractivity contribution in [3.63, 3.8) is 0 Å². The number of piperidine rings is 1. The van der Waals surface area contributed by atoms with Gasteiger partial charge in [-0.3, -0.25) is 9.59 Å². The van der Waals surface area contributed by atoms with E-state index in [-0.39, 0.29) is 17.2 Å². The predicted molar refractivity (Wildman–Crippen MR) is 106 cm³/mol. The Bertz CT molecular complexity index is 769. The third-order valence-electron chi connectivity index (χ3n) is 5.86. The molecule has 7 heteroatoms. The molecule has 3 N–H and O–H groups in total. The van der Waals surface area contributed by atoms with Gasteiger partial charge in [-0.05, 0) is 44.8 Å². The monoisotopic (exact) mass is 387 g/mol. The fourth-order valence-electron chi connectivity index (χ4n) is 4.25. The van der Waals surface area contributed by atoms with Gasteiger partial charge in [0.15, 0.2) is 0 Å². The average molecular weight is 387 g/mol. The molecule has 0 bridgehead atoms. The summed E-state index contributed by atoms with van der Waals surface area (Å²) in [6.45, 7) is 5.53. The van der Waals surface area contributed by atoms with Gasteiger partial charge in [-0.15, -0.1) is 0 Å². The molecule has 3 aliphatic heterocycles. The lowest BCUT2D eigenvalue weighted by Crippen LogP contribution is -2.41. The van der Waals surface area contributed by atoms with Gasteiger partial charge in [0.1, 0.15) is 12.0 Å². The maximum absolute atomic E-state index is 11.9. The van der Waals surface area contributed by atoms with E-state index in [9.17, 15) is 14.4 Å². The summed E-state index contributed by atoms with van der Waals surface area (Å²) < 4.78 is 6.02. The van der Waals surface area contributed by atoms with Crippen LogP contribution >= 0.6 is 0 Å². The minimum absolute atomic E-state index is 0.00292. The molecular weight excluding hydrogens is 358 g/mol. The summed E-state index contributed by atoms with van der Waals surface area (Å²) in [6, 6.07) is 2.19. The Morgan fingerprint density at radius 2 is 2.11 bits per heavy atom. The molecule has 4 rings (SSSR count). The van der Waals surface area contributed by atoms with Gasteiger partial charge >= 0.3 is 0 Å². The van der Waals surface area contributed by atoms with E-state index in [0.29, 0.717) is 25.8 Å². The molecule has 0 unspecified atom stereocenters. The quantitative estimate of drug-likeness (QED) is 0.535. The second kappa shape index (κ2) is 8.73. The van der Waals surface area contributed by atoms with Crippen molar-refractivity contribution in [2.45, 2.75) is 51.0 Å². The van der Waals surface area contributed by atoms with Gasteiger partial charge < -0.3 is 25.5 Å². The summed E-state index contributed by atoms with van der Waals surface area (Å²) in [5.74, 6) is 1.03. The number of unbranched alkanes of at least 4 members (excludes halogenated alkanes) is 1. The molecule has 152 valence electrons. The van der Waals surface area contributed by atoms with Gasteiger partial charge in [0.25, 0.3) is 5.91 Å². The number of hydrogen-bond donors (Lipinski definition) is 3. The number of carbonyl (C=O) groups is 3. The van der Waals surface area contributed by atoms with E-state index in [4.69, 9.17) is 4.74 Å². The summed E-state index contributed by atoms with van der Waals surface area (Å²) in [5, 5.41) is 8.80. The number of aryl methyl sites for hydroxylation is 1. The molecule has 2 amide bonds. The fourth-order valence-corrected chi connectivity index (χ4v) is 4.25. The zero-order valence-corrected chi connectivity index (χ0v) is 16.7. The van der Waals surface area contributed by atoms with E-state index < -0.39 is 0 Å². The van der Waals surface area contributed by atoms with Crippen LogP contribution in [0.3, 0.4) is 0 Å². The van der Waals surface area contributed by atoms with E-state index in [1.54, 1.807) is 7.05 Å². The van der Waals surface area contributed by atoms with Crippen LogP contribution < -0.4 is 20.7 Å². The first-order valence-corrected chi connectivity index (χ1v) is 9.95. The topological polar surface area (TPSA) is 96.5 Å². The van der Waals surface area contributed by atoms with E-state index in [1.807, 2.05) is 6.92 Å². The highest BCUT2D eigenvalue weighted by Gasteiger charge is 2.44. The third-order valence-corrected chi connectivity index (χ3v) is 5.86. The van der Waals surface area contributed by atoms with Crippen molar-refractivity contribution in [1.29, 1.82) is 0 Å². The van der Waals surface area contributed by atoms with Gasteiger partial charge in [-0.1, -0.05) is 6.07 Å². The molecule has 1 fully saturated rings. The lowest BCUT2D eigenvalue weighted by molar-refractivity contribution is -0.120. The SMILES string of the molecule is CNC(=O)CCCC=O.Cc1cc2c(c3c1C(=O)NC3)OCC21CCNCC1. The van der Waals surface area contributed by atoms with E-state index in [0.717, 1.165) is 61.3 Å². The van der Waals surface area contributed by atoms with E-state index >= 15 is 0 Å². The number of fused-ring (bicyclic) bond motifs is 4. The van der Waals surface area contributed by atoms with Gasteiger partial charge in [-0.25, -0.2) is 0 Å². The largest absolute Gasteiger partial charge is 0.492 e. The number of aldehydes is 1. The highest BCUT2D eigenvalue weighted by atomic mass is 16.5. The molecule has 3 heterocycles. The van der Waals surface area contributed by atoms with Crippen molar-refractivity contribution in [2.75, 3.05) is 26.7 Å². The summed E-state index contributed by atoms with van der Waals surface area (Å²) in [6.07, 6.45) is 4.66. The van der Waals surface area contributed by atoms with Crippen LogP contribution in [0, 0.1) is 6.92 Å². The Kier molecular flexibility index (Phi) is 6.34. The Balaban J connectivity index is 0.000000215. The number of nitrogens with one attached hydrogen (secondary N) is 3. The Labute approximate surface area is 165 Å². The van der Waals surface area contributed by atoms with Crippen molar-refractivity contribution in [1.82, 2.24) is 16.0 Å². The molecule has 1 aromatic rings. The highest BCUT2D eigenvalue weighted by molar-refractivity contribution is 6.00. The Hall–Kier alpha value is -2.41. The molecule has 3 aliphatic rings. The molecule has 0 radical (unpaired) electrons. The summed E-state index contributed by atoms with van der Waals surface area (Å²) >= 11 is 0. The summed E-state index contributed by atoms with van der Waals surface area (Å²) in [7, 11) is 1.59. The summed E-state index contributed by atoms with van der Waals surface area (Å²) in [5.41, 5.74) is 4.51. The molecule has 1 aromatic carbocycles. The Morgan fingerprint density at radius 3 is 2.79 bits per heavy atom. The maximum Gasteiger partial charge on any atom is 0.252 e. The Morgan fingerprint density at radius 1 is 1.36 bits per heavy atom. The smallest absolute Gasteiger partial charge is 0.252 e. The molecule has 0 atom stereocenters. The first kappa shape index (κ1) is 20.3. The van der Waals surface area contributed by atoms with Crippen LogP contribution in [-0.4, -0.2) is 44.8 Å². The predicted octanol–water partition coefficient (Wildman–Crippen LogP) is 1.35. The molecule has 0 aliphatic carbocycles. The van der Waals surface area contributed by atoms with Crippen molar-refractivity contribution >= 4 is 18.1 Å².